The van der Waals surface area contributed by atoms with Crippen molar-refractivity contribution in [2.24, 2.45) is 0 Å². The smallest absolute Gasteiger partial charge is 0.328 e. The van der Waals surface area contributed by atoms with Gasteiger partial charge in [-0.15, -0.1) is 0 Å². The zero-order valence-electron chi connectivity index (χ0n) is 13.7. The number of benzene rings is 2. The van der Waals surface area contributed by atoms with Crippen molar-refractivity contribution in [3.63, 3.8) is 0 Å². The van der Waals surface area contributed by atoms with Gasteiger partial charge < -0.3 is 4.74 Å². The van der Waals surface area contributed by atoms with Gasteiger partial charge in [0.15, 0.2) is 0 Å². The fraction of sp³-hybridized carbons (Fsp3) is 0.250. The van der Waals surface area contributed by atoms with Gasteiger partial charge in [-0.25, -0.2) is 4.79 Å². The van der Waals surface area contributed by atoms with E-state index in [1.54, 1.807) is 0 Å². The fourth-order valence-corrected chi connectivity index (χ4v) is 2.58. The summed E-state index contributed by atoms with van der Waals surface area (Å²) >= 11 is 0. The van der Waals surface area contributed by atoms with Crippen molar-refractivity contribution in [1.29, 1.82) is 0 Å². The van der Waals surface area contributed by atoms with Crippen LogP contribution in [0.15, 0.2) is 67.2 Å². The molecule has 0 aliphatic heterocycles. The molecule has 1 unspecified atom stereocenters. The minimum absolute atomic E-state index is 0.264. The topological polar surface area (TPSA) is 29.5 Å². The predicted octanol–water partition coefficient (Wildman–Crippen LogP) is 3.76. The van der Waals surface area contributed by atoms with Gasteiger partial charge in [-0.05, 0) is 30.7 Å². The van der Waals surface area contributed by atoms with Gasteiger partial charge in [0.2, 0.25) is 0 Å². The molecule has 2 rings (SSSR count). The molecular formula is C20H23NO2. The SMILES string of the molecule is C=C(c1ccccc1)C(C(=O)OCC)N(C)Cc1ccccc1. The minimum atomic E-state index is -0.502. The molecule has 0 heterocycles. The average Bonchev–Trinajstić information content (AvgIpc) is 2.57. The highest BCUT2D eigenvalue weighted by molar-refractivity contribution is 5.91. The number of nitrogens with zero attached hydrogens (tertiary/aromatic N) is 1. The molecule has 0 aromatic heterocycles. The van der Waals surface area contributed by atoms with Gasteiger partial charge in [-0.3, -0.25) is 4.90 Å². The normalized spacial score (nSPS) is 12.0. The Balaban J connectivity index is 2.23. The largest absolute Gasteiger partial charge is 0.465 e. The zero-order chi connectivity index (χ0) is 16.7. The van der Waals surface area contributed by atoms with E-state index < -0.39 is 6.04 Å². The highest BCUT2D eigenvalue weighted by Gasteiger charge is 2.28. The second kappa shape index (κ2) is 8.30. The Labute approximate surface area is 138 Å². The first-order valence-electron chi connectivity index (χ1n) is 7.78. The molecule has 0 amide bonds. The van der Waals surface area contributed by atoms with E-state index in [4.69, 9.17) is 4.74 Å². The molecule has 2 aromatic carbocycles. The summed E-state index contributed by atoms with van der Waals surface area (Å²) in [6, 6.07) is 19.3. The van der Waals surface area contributed by atoms with E-state index in [-0.39, 0.29) is 5.97 Å². The van der Waals surface area contributed by atoms with Crippen LogP contribution < -0.4 is 0 Å². The number of ether oxygens (including phenoxy) is 1. The van der Waals surface area contributed by atoms with Crippen LogP contribution in [0.4, 0.5) is 0 Å². The molecule has 3 heteroatoms. The Hall–Kier alpha value is -2.39. The summed E-state index contributed by atoms with van der Waals surface area (Å²) in [5.74, 6) is -0.264. The maximum absolute atomic E-state index is 12.5. The van der Waals surface area contributed by atoms with Gasteiger partial charge in [0, 0.05) is 6.54 Å². The van der Waals surface area contributed by atoms with Gasteiger partial charge in [0.1, 0.15) is 6.04 Å². The fourth-order valence-electron chi connectivity index (χ4n) is 2.58. The lowest BCUT2D eigenvalue weighted by atomic mass is 9.98. The van der Waals surface area contributed by atoms with Crippen LogP contribution in [-0.4, -0.2) is 30.6 Å². The molecule has 0 saturated heterocycles. The molecule has 0 aliphatic carbocycles. The van der Waals surface area contributed by atoms with Crippen LogP contribution >= 0.6 is 0 Å². The van der Waals surface area contributed by atoms with Crippen molar-refractivity contribution in [2.75, 3.05) is 13.7 Å². The van der Waals surface area contributed by atoms with Crippen LogP contribution in [0.3, 0.4) is 0 Å². The van der Waals surface area contributed by atoms with Crippen LogP contribution in [0.2, 0.25) is 0 Å². The second-order valence-electron chi connectivity index (χ2n) is 5.45. The Bertz CT molecular complexity index is 637. The van der Waals surface area contributed by atoms with Crippen molar-refractivity contribution in [3.8, 4) is 0 Å². The molecule has 0 radical (unpaired) electrons. The van der Waals surface area contributed by atoms with Gasteiger partial charge in [-0.2, -0.15) is 0 Å². The van der Waals surface area contributed by atoms with E-state index in [1.165, 1.54) is 0 Å². The van der Waals surface area contributed by atoms with Gasteiger partial charge in [0.05, 0.1) is 6.61 Å². The van der Waals surface area contributed by atoms with Crippen molar-refractivity contribution in [3.05, 3.63) is 78.4 Å². The summed E-state index contributed by atoms with van der Waals surface area (Å²) in [5, 5.41) is 0. The molecule has 0 saturated carbocycles. The Morgan fingerprint density at radius 2 is 1.65 bits per heavy atom. The standard InChI is InChI=1S/C20H23NO2/c1-4-23-20(22)19(16(2)18-13-9-6-10-14-18)21(3)15-17-11-7-5-8-12-17/h5-14,19H,2,4,15H2,1,3H3. The molecule has 0 N–H and O–H groups in total. The third kappa shape index (κ3) is 4.54. The highest BCUT2D eigenvalue weighted by atomic mass is 16.5. The lowest BCUT2D eigenvalue weighted by molar-refractivity contribution is -0.146. The quantitative estimate of drug-likeness (QED) is 0.729. The number of carbonyl (C=O) groups excluding carboxylic acids is 1. The van der Waals surface area contributed by atoms with Crippen LogP contribution in [0.5, 0.6) is 0 Å². The number of rotatable bonds is 7. The van der Waals surface area contributed by atoms with E-state index in [1.807, 2.05) is 79.5 Å². The first-order valence-corrected chi connectivity index (χ1v) is 7.78. The molecule has 0 bridgehead atoms. The first kappa shape index (κ1) is 17.0. The molecular weight excluding hydrogens is 286 g/mol. The van der Waals surface area contributed by atoms with Crippen LogP contribution in [0.1, 0.15) is 18.1 Å². The average molecular weight is 309 g/mol. The van der Waals surface area contributed by atoms with Gasteiger partial charge >= 0.3 is 5.97 Å². The lowest BCUT2D eigenvalue weighted by Gasteiger charge is -2.28. The van der Waals surface area contributed by atoms with Crippen molar-refractivity contribution >= 4 is 11.5 Å². The monoisotopic (exact) mass is 309 g/mol. The predicted molar refractivity (Wildman–Crippen MR) is 93.8 cm³/mol. The summed E-state index contributed by atoms with van der Waals surface area (Å²) in [4.78, 5) is 14.4. The lowest BCUT2D eigenvalue weighted by Crippen LogP contribution is -2.40. The Morgan fingerprint density at radius 3 is 2.22 bits per heavy atom. The highest BCUT2D eigenvalue weighted by Crippen LogP contribution is 2.22. The number of likely N-dealkylation sites (N-methyl/N-ethyl adjacent to an activating group) is 1. The van der Waals surface area contributed by atoms with Gasteiger partial charge in [-0.1, -0.05) is 67.2 Å². The van der Waals surface area contributed by atoms with E-state index >= 15 is 0 Å². The molecule has 0 aliphatic rings. The minimum Gasteiger partial charge on any atom is -0.465 e. The van der Waals surface area contributed by atoms with Crippen LogP contribution in [-0.2, 0) is 16.1 Å². The van der Waals surface area contributed by atoms with Crippen molar-refractivity contribution < 1.29 is 9.53 Å². The summed E-state index contributed by atoms with van der Waals surface area (Å²) in [7, 11) is 1.92. The zero-order valence-corrected chi connectivity index (χ0v) is 13.7. The molecule has 1 atom stereocenters. The maximum atomic E-state index is 12.5. The summed E-state index contributed by atoms with van der Waals surface area (Å²) < 4.78 is 5.26. The third-order valence-corrected chi connectivity index (χ3v) is 3.70. The molecule has 120 valence electrons. The van der Waals surface area contributed by atoms with Gasteiger partial charge in [0.25, 0.3) is 0 Å². The van der Waals surface area contributed by atoms with E-state index in [0.717, 1.165) is 16.7 Å². The summed E-state index contributed by atoms with van der Waals surface area (Å²) in [6.45, 7) is 6.97. The van der Waals surface area contributed by atoms with Crippen LogP contribution in [0.25, 0.3) is 5.57 Å². The van der Waals surface area contributed by atoms with Crippen LogP contribution in [0, 0.1) is 0 Å². The second-order valence-corrected chi connectivity index (χ2v) is 5.45. The molecule has 0 fully saturated rings. The molecule has 2 aromatic rings. The Morgan fingerprint density at radius 1 is 1.09 bits per heavy atom. The molecule has 23 heavy (non-hydrogen) atoms. The summed E-state index contributed by atoms with van der Waals surface area (Å²) in [5.41, 5.74) is 2.85. The van der Waals surface area contributed by atoms with Crippen molar-refractivity contribution in [2.45, 2.75) is 19.5 Å². The molecule has 0 spiro atoms. The maximum Gasteiger partial charge on any atom is 0.328 e. The van der Waals surface area contributed by atoms with E-state index in [0.29, 0.717) is 13.2 Å². The first-order chi connectivity index (χ1) is 11.1. The van der Waals surface area contributed by atoms with E-state index in [9.17, 15) is 4.79 Å². The number of esters is 1. The number of carbonyl (C=O) groups is 1. The van der Waals surface area contributed by atoms with E-state index in [2.05, 4.69) is 6.58 Å². The Kier molecular flexibility index (Phi) is 6.12. The van der Waals surface area contributed by atoms with Crippen molar-refractivity contribution in [1.82, 2.24) is 4.90 Å². The number of hydrogen-bond acceptors (Lipinski definition) is 3. The summed E-state index contributed by atoms with van der Waals surface area (Å²) in [6.07, 6.45) is 0. The third-order valence-electron chi connectivity index (χ3n) is 3.70. The number of hydrogen-bond donors (Lipinski definition) is 0. The molecule has 3 nitrogen and oxygen atoms in total.